The first-order valence-electron chi connectivity index (χ1n) is 13.3. The molecule has 5 rings (SSSR count). The number of hydrogen-bond donors (Lipinski definition) is 2. The van der Waals surface area contributed by atoms with Gasteiger partial charge in [-0.1, -0.05) is 12.8 Å². The number of aliphatic hydroxyl groups excluding tert-OH is 1. The van der Waals surface area contributed by atoms with Crippen molar-refractivity contribution in [3.63, 3.8) is 0 Å². The Bertz CT molecular complexity index is 852. The molecule has 0 unspecified atom stereocenters. The summed E-state index contributed by atoms with van der Waals surface area (Å²) in [4.78, 5) is 38.1. The van der Waals surface area contributed by atoms with E-state index in [9.17, 15) is 19.5 Å². The summed E-state index contributed by atoms with van der Waals surface area (Å²) in [5, 5.41) is 13.7. The van der Waals surface area contributed by atoms with E-state index in [2.05, 4.69) is 5.32 Å². The molecular weight excluding hydrogens is 474 g/mol. The third-order valence-corrected chi connectivity index (χ3v) is 7.97. The highest BCUT2D eigenvalue weighted by Crippen LogP contribution is 2.47. The Labute approximate surface area is 210 Å². The van der Waals surface area contributed by atoms with Crippen molar-refractivity contribution in [1.82, 2.24) is 5.32 Å². The van der Waals surface area contributed by atoms with Crippen molar-refractivity contribution in [1.29, 1.82) is 0 Å². The molecule has 202 valence electrons. The molecule has 7 atom stereocenters. The van der Waals surface area contributed by atoms with E-state index in [4.69, 9.17) is 28.4 Å². The maximum atomic E-state index is 13.5. The molecule has 0 aromatic carbocycles. The zero-order chi connectivity index (χ0) is 25.5. The number of carbonyl (C=O) groups excluding carboxylic acids is 3. The number of ether oxygens (including phenoxy) is 6. The number of nitrogens with one attached hydrogen (secondary N) is 1. The van der Waals surface area contributed by atoms with Crippen LogP contribution in [0.15, 0.2) is 0 Å². The Kier molecular flexibility index (Phi) is 7.30. The number of fused-ring (bicyclic) bond motifs is 1. The Morgan fingerprint density at radius 3 is 1.92 bits per heavy atom. The molecule has 2 heterocycles. The molecule has 11 heteroatoms. The summed E-state index contributed by atoms with van der Waals surface area (Å²) in [5.41, 5.74) is 0. The van der Waals surface area contributed by atoms with Crippen LogP contribution in [-0.2, 0) is 42.8 Å². The van der Waals surface area contributed by atoms with Gasteiger partial charge in [0.2, 0.25) is 5.91 Å². The van der Waals surface area contributed by atoms with Crippen LogP contribution in [-0.4, -0.2) is 83.8 Å². The van der Waals surface area contributed by atoms with E-state index in [0.29, 0.717) is 25.7 Å². The van der Waals surface area contributed by atoms with E-state index in [0.717, 1.165) is 38.5 Å². The second-order valence-corrected chi connectivity index (χ2v) is 10.6. The van der Waals surface area contributed by atoms with E-state index >= 15 is 0 Å². The third kappa shape index (κ3) is 4.76. The largest absolute Gasteiger partial charge is 0.464 e. The predicted octanol–water partition coefficient (Wildman–Crippen LogP) is 1.23. The van der Waals surface area contributed by atoms with E-state index in [1.54, 1.807) is 6.92 Å². The molecule has 2 N–H and O–H groups in total. The quantitative estimate of drug-likeness (QED) is 0.518. The van der Waals surface area contributed by atoms with Gasteiger partial charge in [-0.3, -0.25) is 4.79 Å². The number of esters is 2. The molecule has 36 heavy (non-hydrogen) atoms. The maximum Gasteiger partial charge on any atom is 0.339 e. The van der Waals surface area contributed by atoms with Gasteiger partial charge in [0.1, 0.15) is 18.3 Å². The van der Waals surface area contributed by atoms with Crippen LogP contribution in [0.5, 0.6) is 0 Å². The van der Waals surface area contributed by atoms with Crippen molar-refractivity contribution in [3.05, 3.63) is 0 Å². The van der Waals surface area contributed by atoms with Gasteiger partial charge in [-0.15, -0.1) is 0 Å². The van der Waals surface area contributed by atoms with E-state index in [1.807, 2.05) is 0 Å². The van der Waals surface area contributed by atoms with Crippen LogP contribution in [0.25, 0.3) is 0 Å². The molecule has 0 bridgehead atoms. The molecule has 2 saturated heterocycles. The summed E-state index contributed by atoms with van der Waals surface area (Å²) in [5.74, 6) is -3.76. The van der Waals surface area contributed by atoms with Crippen molar-refractivity contribution in [2.45, 2.75) is 132 Å². The Balaban J connectivity index is 1.37. The van der Waals surface area contributed by atoms with Gasteiger partial charge in [0.05, 0.1) is 12.6 Å². The van der Waals surface area contributed by atoms with Crippen LogP contribution in [0, 0.1) is 0 Å². The van der Waals surface area contributed by atoms with Gasteiger partial charge in [-0.25, -0.2) is 9.59 Å². The summed E-state index contributed by atoms with van der Waals surface area (Å²) in [6, 6.07) is -0.936. The molecule has 1 amide bonds. The summed E-state index contributed by atoms with van der Waals surface area (Å²) in [7, 11) is 0. The molecule has 3 aliphatic carbocycles. The molecule has 0 aromatic heterocycles. The zero-order valence-corrected chi connectivity index (χ0v) is 20.9. The summed E-state index contributed by atoms with van der Waals surface area (Å²) < 4.78 is 35.7. The highest BCUT2D eigenvalue weighted by molar-refractivity contribution is 5.86. The highest BCUT2D eigenvalue weighted by Gasteiger charge is 2.64. The van der Waals surface area contributed by atoms with Crippen LogP contribution >= 0.6 is 0 Å². The minimum Gasteiger partial charge on any atom is -0.464 e. The lowest BCUT2D eigenvalue weighted by molar-refractivity contribution is -0.222. The fourth-order valence-corrected chi connectivity index (χ4v) is 6.36. The van der Waals surface area contributed by atoms with Crippen LogP contribution < -0.4 is 5.32 Å². The SMILES string of the molecule is CCOC(=O)[C@@H]1OC2(CCCCC2)O[C@H]1C(=O)O[C@H]1[C@H](NC(C)=O)[C@@H](O)[C@@H]2OC3(CCCCC3)O[C@@H]21. The lowest BCUT2D eigenvalue weighted by atomic mass is 9.94. The standard InChI is InChI=1S/C25H37NO10/c1-3-31-22(29)20-21(36-25(35-20)12-8-5-9-13-25)23(30)32-17-15(26-14(2)27)16(28)18-19(17)34-24(33-18)10-6-4-7-11-24/h15-21,28H,3-13H2,1-2H3,(H,26,27)/t15-,16-,17+,18+,19-,20-,21-/m1/s1. The van der Waals surface area contributed by atoms with Gasteiger partial charge in [-0.2, -0.15) is 0 Å². The van der Waals surface area contributed by atoms with Gasteiger partial charge in [0.15, 0.2) is 29.9 Å². The van der Waals surface area contributed by atoms with Crippen molar-refractivity contribution in [2.24, 2.45) is 0 Å². The molecule has 5 aliphatic rings. The second kappa shape index (κ2) is 10.2. The fourth-order valence-electron chi connectivity index (χ4n) is 6.36. The first-order valence-corrected chi connectivity index (χ1v) is 13.3. The minimum atomic E-state index is -1.33. The number of aliphatic hydroxyl groups is 1. The predicted molar refractivity (Wildman–Crippen MR) is 121 cm³/mol. The van der Waals surface area contributed by atoms with E-state index in [-0.39, 0.29) is 6.61 Å². The molecule has 5 fully saturated rings. The van der Waals surface area contributed by atoms with Crippen molar-refractivity contribution < 1.29 is 47.9 Å². The Hall–Kier alpha value is -1.79. The number of rotatable bonds is 5. The van der Waals surface area contributed by atoms with Gasteiger partial charge in [-0.05, 0) is 32.6 Å². The van der Waals surface area contributed by atoms with Crippen molar-refractivity contribution >= 4 is 17.8 Å². The molecule has 11 nitrogen and oxygen atoms in total. The molecular formula is C25H37NO10. The monoisotopic (exact) mass is 511 g/mol. The van der Waals surface area contributed by atoms with Gasteiger partial charge in [0.25, 0.3) is 0 Å². The van der Waals surface area contributed by atoms with E-state index < -0.39 is 72.1 Å². The molecule has 0 aromatic rings. The van der Waals surface area contributed by atoms with Crippen LogP contribution in [0.4, 0.5) is 0 Å². The number of amides is 1. The summed E-state index contributed by atoms with van der Waals surface area (Å²) in [6.45, 7) is 3.12. The molecule has 0 radical (unpaired) electrons. The topological polar surface area (TPSA) is 139 Å². The zero-order valence-electron chi connectivity index (χ0n) is 20.9. The first kappa shape index (κ1) is 25.8. The molecule has 2 spiro atoms. The summed E-state index contributed by atoms with van der Waals surface area (Å²) >= 11 is 0. The minimum absolute atomic E-state index is 0.129. The third-order valence-electron chi connectivity index (χ3n) is 7.97. The van der Waals surface area contributed by atoms with E-state index in [1.165, 1.54) is 6.92 Å². The Morgan fingerprint density at radius 2 is 1.36 bits per heavy atom. The maximum absolute atomic E-state index is 13.5. The number of carbonyl (C=O) groups is 3. The second-order valence-electron chi connectivity index (χ2n) is 10.6. The molecule has 3 saturated carbocycles. The average Bonchev–Trinajstić information content (AvgIpc) is 3.47. The lowest BCUT2D eigenvalue weighted by Gasteiger charge is -2.35. The smallest absolute Gasteiger partial charge is 0.339 e. The highest BCUT2D eigenvalue weighted by atomic mass is 16.8. The van der Waals surface area contributed by atoms with Gasteiger partial charge >= 0.3 is 11.9 Å². The Morgan fingerprint density at radius 1 is 0.833 bits per heavy atom. The van der Waals surface area contributed by atoms with Gasteiger partial charge < -0.3 is 38.8 Å². The fraction of sp³-hybridized carbons (Fsp3) is 0.880. The normalized spacial score (nSPS) is 38.6. The van der Waals surface area contributed by atoms with Crippen LogP contribution in [0.3, 0.4) is 0 Å². The van der Waals surface area contributed by atoms with Gasteiger partial charge in [0, 0.05) is 32.6 Å². The summed E-state index contributed by atoms with van der Waals surface area (Å²) in [6.07, 6.45) is 1.89. The van der Waals surface area contributed by atoms with Crippen LogP contribution in [0.1, 0.15) is 78.1 Å². The van der Waals surface area contributed by atoms with Crippen LogP contribution in [0.2, 0.25) is 0 Å². The number of hydrogen-bond acceptors (Lipinski definition) is 10. The lowest BCUT2D eigenvalue weighted by Crippen LogP contribution is -2.52. The van der Waals surface area contributed by atoms with Crippen molar-refractivity contribution in [2.75, 3.05) is 6.61 Å². The first-order chi connectivity index (χ1) is 17.3. The molecule has 2 aliphatic heterocycles. The average molecular weight is 512 g/mol. The van der Waals surface area contributed by atoms with Crippen molar-refractivity contribution in [3.8, 4) is 0 Å².